The number of carboxylic acids is 2. The normalized spacial score (nSPS) is 18.4. The van der Waals surface area contributed by atoms with Crippen LogP contribution in [0.4, 0.5) is 0 Å². The molecule has 2 heterocycles. The van der Waals surface area contributed by atoms with E-state index < -0.39 is 47.4 Å². The Morgan fingerprint density at radius 1 is 0.583 bits per heavy atom. The number of ether oxygens (including phenoxy) is 2. The van der Waals surface area contributed by atoms with Crippen LogP contribution < -0.4 is 9.47 Å². The van der Waals surface area contributed by atoms with Crippen LogP contribution >= 0.6 is 22.7 Å². The fraction of sp³-hybridized carbons (Fsp3) is 0.333. The SMILES string of the molecule is CCCN(Cc1ccc(Oc2ccccc2)s1)C(=O)[C@H]1[C@@H](C(=O)O)[C@H](C(=O)O)[C@@H]1C(=O)N(CCC)Cc1ccc(Oc2ccccc2)s1. The molecule has 0 saturated heterocycles. The molecule has 10 nitrogen and oxygen atoms in total. The van der Waals surface area contributed by atoms with Crippen molar-refractivity contribution in [1.82, 2.24) is 9.80 Å². The number of carbonyl (C=O) groups excluding carboxylic acids is 2. The maximum absolute atomic E-state index is 14.2. The maximum atomic E-state index is 14.2. The van der Waals surface area contributed by atoms with Crippen molar-refractivity contribution < 1.29 is 38.9 Å². The van der Waals surface area contributed by atoms with Crippen LogP contribution in [0.15, 0.2) is 84.9 Å². The number of hydrogen-bond acceptors (Lipinski definition) is 8. The van der Waals surface area contributed by atoms with E-state index in [4.69, 9.17) is 9.47 Å². The molecule has 252 valence electrons. The van der Waals surface area contributed by atoms with Gasteiger partial charge in [0.1, 0.15) is 11.5 Å². The summed E-state index contributed by atoms with van der Waals surface area (Å²) >= 11 is 2.72. The number of hydrogen-bond donors (Lipinski definition) is 2. The summed E-state index contributed by atoms with van der Waals surface area (Å²) in [6.07, 6.45) is 1.17. The molecular weight excluding hydrogens is 653 g/mol. The summed E-state index contributed by atoms with van der Waals surface area (Å²) in [7, 11) is 0. The highest BCUT2D eigenvalue weighted by Crippen LogP contribution is 2.49. The third-order valence-electron chi connectivity index (χ3n) is 8.19. The molecule has 0 bridgehead atoms. The fourth-order valence-electron chi connectivity index (χ4n) is 6.05. The van der Waals surface area contributed by atoms with E-state index in [1.165, 1.54) is 32.5 Å². The summed E-state index contributed by atoms with van der Waals surface area (Å²) in [5.41, 5.74) is 0. The first-order valence-electron chi connectivity index (χ1n) is 15.9. The number of amides is 2. The Morgan fingerprint density at radius 2 is 0.958 bits per heavy atom. The molecule has 1 fully saturated rings. The van der Waals surface area contributed by atoms with Gasteiger partial charge in [0.15, 0.2) is 10.1 Å². The van der Waals surface area contributed by atoms with Crippen molar-refractivity contribution in [3.63, 3.8) is 0 Å². The molecule has 12 heteroatoms. The van der Waals surface area contributed by atoms with E-state index in [1.54, 1.807) is 12.1 Å². The molecule has 48 heavy (non-hydrogen) atoms. The number of benzene rings is 2. The number of aliphatic carboxylic acids is 2. The van der Waals surface area contributed by atoms with Crippen LogP contribution in [-0.4, -0.2) is 56.9 Å². The Hall–Kier alpha value is -4.68. The van der Waals surface area contributed by atoms with Gasteiger partial charge in [0, 0.05) is 22.8 Å². The average molecular weight is 691 g/mol. The van der Waals surface area contributed by atoms with Crippen LogP contribution in [0, 0.1) is 23.7 Å². The second-order valence-electron chi connectivity index (χ2n) is 11.6. The van der Waals surface area contributed by atoms with E-state index in [-0.39, 0.29) is 13.1 Å². The summed E-state index contributed by atoms with van der Waals surface area (Å²) in [5.74, 6) is -8.23. The lowest BCUT2D eigenvalue weighted by Gasteiger charge is -2.48. The smallest absolute Gasteiger partial charge is 0.308 e. The van der Waals surface area contributed by atoms with Gasteiger partial charge in [-0.15, -0.1) is 22.7 Å². The number of carbonyl (C=O) groups is 4. The Kier molecular flexibility index (Phi) is 11.5. The van der Waals surface area contributed by atoms with Crippen molar-refractivity contribution in [2.45, 2.75) is 39.8 Å². The van der Waals surface area contributed by atoms with Crippen LogP contribution in [0.3, 0.4) is 0 Å². The molecule has 0 spiro atoms. The second kappa shape index (κ2) is 15.9. The van der Waals surface area contributed by atoms with Gasteiger partial charge in [-0.1, -0.05) is 50.2 Å². The summed E-state index contributed by atoms with van der Waals surface area (Å²) in [6.45, 7) is 4.77. The van der Waals surface area contributed by atoms with Gasteiger partial charge in [-0.05, 0) is 61.4 Å². The second-order valence-corrected chi connectivity index (χ2v) is 13.8. The zero-order valence-electron chi connectivity index (χ0n) is 26.7. The molecule has 0 unspecified atom stereocenters. The lowest BCUT2D eigenvalue weighted by atomic mass is 9.55. The van der Waals surface area contributed by atoms with Gasteiger partial charge < -0.3 is 29.5 Å². The quantitative estimate of drug-likeness (QED) is 0.126. The van der Waals surface area contributed by atoms with E-state index in [9.17, 15) is 29.4 Å². The predicted molar refractivity (Wildman–Crippen MR) is 182 cm³/mol. The highest BCUT2D eigenvalue weighted by atomic mass is 32.1. The zero-order valence-corrected chi connectivity index (χ0v) is 28.3. The Bertz CT molecular complexity index is 1580. The van der Waals surface area contributed by atoms with Gasteiger partial charge in [-0.25, -0.2) is 0 Å². The van der Waals surface area contributed by atoms with Gasteiger partial charge >= 0.3 is 11.9 Å². The lowest BCUT2D eigenvalue weighted by molar-refractivity contribution is -0.187. The first-order chi connectivity index (χ1) is 23.2. The van der Waals surface area contributed by atoms with E-state index in [0.717, 1.165) is 9.75 Å². The van der Waals surface area contributed by atoms with E-state index >= 15 is 0 Å². The van der Waals surface area contributed by atoms with Crippen molar-refractivity contribution in [3.8, 4) is 21.6 Å². The molecule has 1 aliphatic carbocycles. The maximum Gasteiger partial charge on any atom is 0.308 e. The third-order valence-corrected chi connectivity index (χ3v) is 10.1. The first-order valence-corrected chi connectivity index (χ1v) is 17.5. The molecule has 2 N–H and O–H groups in total. The minimum Gasteiger partial charge on any atom is -0.481 e. The summed E-state index contributed by atoms with van der Waals surface area (Å²) < 4.78 is 11.8. The first kappa shape index (κ1) is 34.6. The number of carboxylic acid groups (broad SMARTS) is 2. The van der Waals surface area contributed by atoms with Gasteiger partial charge in [0.25, 0.3) is 0 Å². The largest absolute Gasteiger partial charge is 0.481 e. The van der Waals surface area contributed by atoms with Crippen molar-refractivity contribution in [3.05, 3.63) is 94.7 Å². The minimum absolute atomic E-state index is 0.176. The van der Waals surface area contributed by atoms with Gasteiger partial charge in [0.2, 0.25) is 11.8 Å². The minimum atomic E-state index is -1.53. The Balaban J connectivity index is 1.36. The van der Waals surface area contributed by atoms with Gasteiger partial charge in [-0.2, -0.15) is 0 Å². The molecule has 4 aromatic rings. The molecular formula is C36H38N2O8S2. The molecule has 0 aliphatic heterocycles. The molecule has 2 aromatic heterocycles. The summed E-state index contributed by atoms with van der Waals surface area (Å²) in [6, 6.07) is 25.9. The van der Waals surface area contributed by atoms with Crippen LogP contribution in [0.2, 0.25) is 0 Å². The van der Waals surface area contributed by atoms with Crippen LogP contribution in [-0.2, 0) is 32.3 Å². The lowest BCUT2D eigenvalue weighted by Crippen LogP contribution is -2.64. The van der Waals surface area contributed by atoms with Crippen molar-refractivity contribution in [1.29, 1.82) is 0 Å². The Labute approximate surface area is 287 Å². The summed E-state index contributed by atoms with van der Waals surface area (Å²) in [4.78, 5) is 58.0. The average Bonchev–Trinajstić information content (AvgIpc) is 3.69. The van der Waals surface area contributed by atoms with Crippen molar-refractivity contribution >= 4 is 46.4 Å². The topological polar surface area (TPSA) is 134 Å². The zero-order chi connectivity index (χ0) is 34.2. The molecule has 5 rings (SSSR count). The molecule has 0 radical (unpaired) electrons. The molecule has 1 saturated carbocycles. The molecule has 1 aliphatic rings. The van der Waals surface area contributed by atoms with Crippen molar-refractivity contribution in [2.24, 2.45) is 23.7 Å². The molecule has 2 aromatic carbocycles. The molecule has 2 amide bonds. The van der Waals surface area contributed by atoms with E-state index in [0.29, 0.717) is 47.6 Å². The third kappa shape index (κ3) is 8.06. The number of thiophene rings is 2. The standard InChI is InChI=1S/C36H38N2O8S2/c1-3-19-37(21-25-15-17-27(47-25)45-23-11-7-5-8-12-23)33(39)29-30(32(36(43)44)31(29)35(41)42)34(40)38(20-4-2)22-26-16-18-28(48-26)46-24-13-9-6-10-14-24/h5-18,29-32H,3-4,19-22H2,1-2H3,(H,41,42)(H,43,44)/t29-,30-,31-,32-/m1/s1. The summed E-state index contributed by atoms with van der Waals surface area (Å²) in [5, 5.41) is 21.5. The number of para-hydroxylation sites is 2. The monoisotopic (exact) mass is 690 g/mol. The van der Waals surface area contributed by atoms with Crippen LogP contribution in [0.25, 0.3) is 0 Å². The van der Waals surface area contributed by atoms with E-state index in [1.807, 2.05) is 86.6 Å². The van der Waals surface area contributed by atoms with Crippen molar-refractivity contribution in [2.75, 3.05) is 13.1 Å². The number of nitrogens with zero attached hydrogens (tertiary/aromatic N) is 2. The fourth-order valence-corrected chi connectivity index (χ4v) is 7.83. The van der Waals surface area contributed by atoms with Crippen LogP contribution in [0.1, 0.15) is 36.4 Å². The highest BCUT2D eigenvalue weighted by molar-refractivity contribution is 7.14. The highest BCUT2D eigenvalue weighted by Gasteiger charge is 2.64. The number of rotatable bonds is 16. The van der Waals surface area contributed by atoms with E-state index in [2.05, 4.69) is 0 Å². The Morgan fingerprint density at radius 3 is 1.29 bits per heavy atom. The predicted octanol–water partition coefficient (Wildman–Crippen LogP) is 7.22. The molecule has 4 atom stereocenters. The van der Waals surface area contributed by atoms with Gasteiger partial charge in [0.05, 0.1) is 36.8 Å². The van der Waals surface area contributed by atoms with Gasteiger partial charge in [-0.3, -0.25) is 19.2 Å². The van der Waals surface area contributed by atoms with Crippen LogP contribution in [0.5, 0.6) is 21.6 Å².